The van der Waals surface area contributed by atoms with Gasteiger partial charge in [-0.05, 0) is 50.1 Å². The maximum Gasteiger partial charge on any atom is 0.326 e. The molecule has 0 bridgehead atoms. The van der Waals surface area contributed by atoms with Crippen molar-refractivity contribution in [2.75, 3.05) is 20.8 Å². The van der Waals surface area contributed by atoms with E-state index < -0.39 is 18.0 Å². The van der Waals surface area contributed by atoms with Gasteiger partial charge in [-0.15, -0.1) is 0 Å². The summed E-state index contributed by atoms with van der Waals surface area (Å²) in [6.07, 6.45) is -0.960. The maximum atomic E-state index is 12.5. The summed E-state index contributed by atoms with van der Waals surface area (Å²) in [7, 11) is 2.95. The lowest BCUT2D eigenvalue weighted by Crippen LogP contribution is -2.34. The smallest absolute Gasteiger partial charge is 0.326 e. The van der Waals surface area contributed by atoms with Gasteiger partial charge < -0.3 is 19.5 Å². The van der Waals surface area contributed by atoms with Crippen molar-refractivity contribution in [3.63, 3.8) is 0 Å². The molecule has 154 valence electrons. The fourth-order valence-electron chi connectivity index (χ4n) is 2.61. The molecule has 2 aromatic carbocycles. The molecule has 0 unspecified atom stereocenters. The van der Waals surface area contributed by atoms with Crippen molar-refractivity contribution in [1.82, 2.24) is 5.32 Å². The molecule has 7 nitrogen and oxygen atoms in total. The first-order valence-electron chi connectivity index (χ1n) is 9.07. The summed E-state index contributed by atoms with van der Waals surface area (Å²) in [5, 5.41) is 2.47. The Bertz CT molecular complexity index is 899. The van der Waals surface area contributed by atoms with Crippen molar-refractivity contribution >= 4 is 17.7 Å². The maximum absolute atomic E-state index is 12.5. The van der Waals surface area contributed by atoms with Crippen molar-refractivity contribution in [3.05, 3.63) is 58.7 Å². The Balaban J connectivity index is 1.94. The Morgan fingerprint density at radius 3 is 2.07 bits per heavy atom. The van der Waals surface area contributed by atoms with Gasteiger partial charge in [-0.2, -0.15) is 0 Å². The van der Waals surface area contributed by atoms with E-state index in [-0.39, 0.29) is 17.9 Å². The minimum atomic E-state index is -0.960. The van der Waals surface area contributed by atoms with Crippen molar-refractivity contribution in [3.8, 4) is 11.5 Å². The molecule has 2 rings (SSSR count). The second kappa shape index (κ2) is 9.73. The van der Waals surface area contributed by atoms with Gasteiger partial charge in [0.25, 0.3) is 5.91 Å². The first-order valence-corrected chi connectivity index (χ1v) is 9.07. The molecule has 2 aromatic rings. The number of nitrogens with one attached hydrogen (secondary N) is 1. The number of esters is 1. The number of methoxy groups -OCH3 is 2. The van der Waals surface area contributed by atoms with Crippen LogP contribution in [0.5, 0.6) is 11.5 Å². The van der Waals surface area contributed by atoms with E-state index in [1.54, 1.807) is 18.2 Å². The van der Waals surface area contributed by atoms with Crippen LogP contribution in [-0.4, -0.2) is 44.5 Å². The van der Waals surface area contributed by atoms with Crippen LogP contribution in [0.1, 0.15) is 38.8 Å². The predicted molar refractivity (Wildman–Crippen MR) is 108 cm³/mol. The van der Waals surface area contributed by atoms with Crippen LogP contribution in [-0.2, 0) is 9.53 Å². The molecule has 7 heteroatoms. The molecule has 0 heterocycles. The number of amides is 1. The van der Waals surface area contributed by atoms with Crippen molar-refractivity contribution < 1.29 is 28.6 Å². The zero-order valence-electron chi connectivity index (χ0n) is 17.2. The molecular formula is C22H25NO6. The van der Waals surface area contributed by atoms with Crippen molar-refractivity contribution in [2.45, 2.75) is 26.9 Å². The van der Waals surface area contributed by atoms with E-state index in [4.69, 9.17) is 14.2 Å². The SMILES string of the molecule is COc1cc(OC)cc(C(=O)NCC(=O)O[C@H](C)C(=O)c2ccc(C)c(C)c2)c1. The number of rotatable bonds is 8. The fourth-order valence-corrected chi connectivity index (χ4v) is 2.61. The molecule has 29 heavy (non-hydrogen) atoms. The van der Waals surface area contributed by atoms with Crippen LogP contribution in [0, 0.1) is 13.8 Å². The van der Waals surface area contributed by atoms with Crippen LogP contribution in [0.4, 0.5) is 0 Å². The highest BCUT2D eigenvalue weighted by molar-refractivity contribution is 6.01. The monoisotopic (exact) mass is 399 g/mol. The molecule has 0 saturated carbocycles. The first-order chi connectivity index (χ1) is 13.7. The van der Waals surface area contributed by atoms with Gasteiger partial charge >= 0.3 is 5.97 Å². The van der Waals surface area contributed by atoms with Crippen LogP contribution >= 0.6 is 0 Å². The highest BCUT2D eigenvalue weighted by Crippen LogP contribution is 2.22. The molecule has 0 radical (unpaired) electrons. The third kappa shape index (κ3) is 5.81. The summed E-state index contributed by atoms with van der Waals surface area (Å²) in [6, 6.07) is 9.99. The highest BCUT2D eigenvalue weighted by Gasteiger charge is 2.20. The Morgan fingerprint density at radius 1 is 0.897 bits per heavy atom. The van der Waals surface area contributed by atoms with Crippen LogP contribution in [0.25, 0.3) is 0 Å². The molecule has 0 aliphatic heterocycles. The number of carbonyl (C=O) groups excluding carboxylic acids is 3. The van der Waals surface area contributed by atoms with Gasteiger partial charge in [0.05, 0.1) is 14.2 Å². The largest absolute Gasteiger partial charge is 0.497 e. The lowest BCUT2D eigenvalue weighted by Gasteiger charge is -2.14. The molecule has 1 N–H and O–H groups in total. The molecule has 1 amide bonds. The number of hydrogen-bond acceptors (Lipinski definition) is 6. The fraction of sp³-hybridized carbons (Fsp3) is 0.318. The van der Waals surface area contributed by atoms with Gasteiger partial charge in [-0.3, -0.25) is 14.4 Å². The summed E-state index contributed by atoms with van der Waals surface area (Å²) in [4.78, 5) is 36.8. The van der Waals surface area contributed by atoms with E-state index in [1.807, 2.05) is 19.9 Å². The summed E-state index contributed by atoms with van der Waals surface area (Å²) in [5.74, 6) is -0.607. The quantitative estimate of drug-likeness (QED) is 0.542. The van der Waals surface area contributed by atoms with Crippen molar-refractivity contribution in [2.24, 2.45) is 0 Å². The van der Waals surface area contributed by atoms with E-state index in [0.717, 1.165) is 11.1 Å². The number of Topliss-reactive ketones (excluding diaryl/α,β-unsaturated/α-hetero) is 1. The topological polar surface area (TPSA) is 90.9 Å². The summed E-state index contributed by atoms with van der Waals surface area (Å²) in [5.41, 5.74) is 2.80. The summed E-state index contributed by atoms with van der Waals surface area (Å²) in [6.45, 7) is 4.99. The van der Waals surface area contributed by atoms with Gasteiger partial charge in [0.2, 0.25) is 5.78 Å². The summed E-state index contributed by atoms with van der Waals surface area (Å²) < 4.78 is 15.4. The number of carbonyl (C=O) groups is 3. The third-order valence-corrected chi connectivity index (χ3v) is 4.48. The van der Waals surface area contributed by atoms with Crippen LogP contribution in [0.15, 0.2) is 36.4 Å². The number of aryl methyl sites for hydroxylation is 2. The molecule has 0 saturated heterocycles. The Morgan fingerprint density at radius 2 is 1.52 bits per heavy atom. The molecule has 0 aliphatic carbocycles. The first kappa shape index (κ1) is 21.9. The zero-order chi connectivity index (χ0) is 21.6. The average molecular weight is 399 g/mol. The Labute approximate surface area is 170 Å². The highest BCUT2D eigenvalue weighted by atomic mass is 16.5. The second-order valence-corrected chi connectivity index (χ2v) is 6.58. The van der Waals surface area contributed by atoms with Crippen LogP contribution < -0.4 is 14.8 Å². The van der Waals surface area contributed by atoms with E-state index in [0.29, 0.717) is 17.1 Å². The molecule has 0 spiro atoms. The van der Waals surface area contributed by atoms with Gasteiger partial charge in [-0.1, -0.05) is 12.1 Å². The minimum Gasteiger partial charge on any atom is -0.497 e. The molecule has 1 atom stereocenters. The van der Waals surface area contributed by atoms with E-state index in [2.05, 4.69) is 5.32 Å². The number of hydrogen-bond donors (Lipinski definition) is 1. The van der Waals surface area contributed by atoms with Gasteiger partial charge in [0, 0.05) is 17.2 Å². The predicted octanol–water partition coefficient (Wildman–Crippen LogP) is 2.87. The number of benzene rings is 2. The normalized spacial score (nSPS) is 11.3. The van der Waals surface area contributed by atoms with E-state index in [1.165, 1.54) is 33.3 Å². The Hall–Kier alpha value is -3.35. The van der Waals surface area contributed by atoms with Gasteiger partial charge in [0.1, 0.15) is 18.0 Å². The number of ketones is 1. The molecule has 0 aromatic heterocycles. The van der Waals surface area contributed by atoms with Gasteiger partial charge in [0.15, 0.2) is 6.10 Å². The Kier molecular flexibility index (Phi) is 7.36. The van der Waals surface area contributed by atoms with Gasteiger partial charge in [-0.25, -0.2) is 0 Å². The lowest BCUT2D eigenvalue weighted by molar-refractivity contribution is -0.145. The molecule has 0 fully saturated rings. The average Bonchev–Trinajstić information content (AvgIpc) is 2.72. The lowest BCUT2D eigenvalue weighted by atomic mass is 10.0. The minimum absolute atomic E-state index is 0.272. The molecule has 0 aliphatic rings. The zero-order valence-corrected chi connectivity index (χ0v) is 17.2. The molecular weight excluding hydrogens is 374 g/mol. The van der Waals surface area contributed by atoms with E-state index in [9.17, 15) is 14.4 Å². The third-order valence-electron chi connectivity index (χ3n) is 4.48. The summed E-state index contributed by atoms with van der Waals surface area (Å²) >= 11 is 0. The standard InChI is InChI=1S/C22H25NO6/c1-13-6-7-16(8-14(13)2)21(25)15(3)29-20(24)12-23-22(26)17-9-18(27-4)11-19(10-17)28-5/h6-11,15H,12H2,1-5H3,(H,23,26)/t15-/m1/s1. The number of ether oxygens (including phenoxy) is 3. The van der Waals surface area contributed by atoms with Crippen LogP contribution in [0.2, 0.25) is 0 Å². The van der Waals surface area contributed by atoms with Crippen molar-refractivity contribution in [1.29, 1.82) is 0 Å². The van der Waals surface area contributed by atoms with Crippen LogP contribution in [0.3, 0.4) is 0 Å². The second-order valence-electron chi connectivity index (χ2n) is 6.58. The van der Waals surface area contributed by atoms with E-state index >= 15 is 0 Å².